The van der Waals surface area contributed by atoms with Crippen molar-refractivity contribution in [1.82, 2.24) is 20.2 Å². The molecule has 0 bridgehead atoms. The zero-order chi connectivity index (χ0) is 17.2. The smallest absolute Gasteiger partial charge is 0.166 e. The Balaban J connectivity index is 1.57. The fraction of sp³-hybridized carbons (Fsp3) is 0.350. The van der Waals surface area contributed by atoms with Gasteiger partial charge in [0.05, 0.1) is 11.4 Å². The molecule has 0 amide bonds. The third kappa shape index (κ3) is 3.21. The second-order valence-electron chi connectivity index (χ2n) is 6.64. The van der Waals surface area contributed by atoms with Gasteiger partial charge in [-0.2, -0.15) is 4.68 Å². The van der Waals surface area contributed by atoms with Gasteiger partial charge in [0.2, 0.25) is 0 Å². The Morgan fingerprint density at radius 3 is 2.72 bits per heavy atom. The van der Waals surface area contributed by atoms with Crippen LogP contribution >= 0.6 is 11.8 Å². The predicted molar refractivity (Wildman–Crippen MR) is 102 cm³/mol. The molecule has 1 atom stereocenters. The third-order valence-electron chi connectivity index (χ3n) is 4.91. The van der Waals surface area contributed by atoms with Crippen LogP contribution in [0.4, 0.5) is 0 Å². The highest BCUT2D eigenvalue weighted by atomic mass is 32.2. The van der Waals surface area contributed by atoms with Crippen molar-refractivity contribution in [3.8, 4) is 5.69 Å². The Labute approximate surface area is 152 Å². The molecule has 1 aliphatic carbocycles. The van der Waals surface area contributed by atoms with E-state index >= 15 is 0 Å². The van der Waals surface area contributed by atoms with Crippen LogP contribution < -0.4 is 0 Å². The summed E-state index contributed by atoms with van der Waals surface area (Å²) >= 11 is 1.95. The van der Waals surface area contributed by atoms with Gasteiger partial charge in [0.25, 0.3) is 0 Å². The maximum absolute atomic E-state index is 4.30. The summed E-state index contributed by atoms with van der Waals surface area (Å²) in [5.41, 5.74) is 6.49. The summed E-state index contributed by atoms with van der Waals surface area (Å²) in [7, 11) is 0. The van der Waals surface area contributed by atoms with Gasteiger partial charge in [-0.05, 0) is 65.8 Å². The van der Waals surface area contributed by atoms with E-state index in [1.54, 1.807) is 0 Å². The number of nitrogens with zero attached hydrogens (tertiary/aromatic N) is 4. The maximum Gasteiger partial charge on any atom is 0.166 e. The molecule has 4 rings (SSSR count). The molecule has 0 saturated carbocycles. The lowest BCUT2D eigenvalue weighted by atomic mass is 9.91. The summed E-state index contributed by atoms with van der Waals surface area (Å²) in [5, 5.41) is 13.0. The van der Waals surface area contributed by atoms with Crippen molar-refractivity contribution < 1.29 is 0 Å². The van der Waals surface area contributed by atoms with Crippen molar-refractivity contribution in [2.75, 3.05) is 0 Å². The molecule has 4 nitrogen and oxygen atoms in total. The zero-order valence-corrected chi connectivity index (χ0v) is 15.5. The molecule has 1 unspecified atom stereocenters. The summed E-state index contributed by atoms with van der Waals surface area (Å²) in [6.45, 7) is 4.22. The number of hydrogen-bond acceptors (Lipinski definition) is 4. The molecule has 0 N–H and O–H groups in total. The van der Waals surface area contributed by atoms with E-state index in [1.165, 1.54) is 41.5 Å². The first kappa shape index (κ1) is 16.3. The Morgan fingerprint density at radius 2 is 1.88 bits per heavy atom. The number of thioether (sulfide) groups is 1. The van der Waals surface area contributed by atoms with Crippen LogP contribution in [0.5, 0.6) is 0 Å². The van der Waals surface area contributed by atoms with Gasteiger partial charge < -0.3 is 0 Å². The van der Waals surface area contributed by atoms with Crippen molar-refractivity contribution in [3.05, 3.63) is 70.5 Å². The Kier molecular flexibility index (Phi) is 4.57. The monoisotopic (exact) mass is 350 g/mol. The van der Waals surface area contributed by atoms with Gasteiger partial charge >= 0.3 is 0 Å². The van der Waals surface area contributed by atoms with Crippen LogP contribution in [0, 0.1) is 13.8 Å². The molecule has 25 heavy (non-hydrogen) atoms. The van der Waals surface area contributed by atoms with Crippen molar-refractivity contribution >= 4 is 11.8 Å². The van der Waals surface area contributed by atoms with Crippen molar-refractivity contribution in [2.45, 2.75) is 44.1 Å². The van der Waals surface area contributed by atoms with Crippen LogP contribution in [0.2, 0.25) is 0 Å². The number of aromatic nitrogens is 4. The van der Waals surface area contributed by atoms with E-state index in [2.05, 4.69) is 71.8 Å². The second kappa shape index (κ2) is 7.00. The molecule has 1 heterocycles. The number of para-hydroxylation sites is 1. The van der Waals surface area contributed by atoms with Gasteiger partial charge in [0.1, 0.15) is 0 Å². The fourth-order valence-corrected chi connectivity index (χ4v) is 4.94. The lowest BCUT2D eigenvalue weighted by Gasteiger charge is -2.24. The van der Waals surface area contributed by atoms with E-state index in [-0.39, 0.29) is 0 Å². The highest BCUT2D eigenvalue weighted by molar-refractivity contribution is 7.98. The molecule has 128 valence electrons. The van der Waals surface area contributed by atoms with Crippen LogP contribution in [-0.2, 0) is 12.2 Å². The quantitative estimate of drug-likeness (QED) is 0.690. The first-order chi connectivity index (χ1) is 12.2. The third-order valence-corrected chi connectivity index (χ3v) is 6.23. The highest BCUT2D eigenvalue weighted by Crippen LogP contribution is 2.40. The summed E-state index contributed by atoms with van der Waals surface area (Å²) < 4.78 is 1.91. The van der Waals surface area contributed by atoms with E-state index in [0.29, 0.717) is 5.25 Å². The standard InChI is InChI=1S/C20H22N4S/c1-14-7-5-8-15(2)20(14)24-19(21-22-23-24)13-25-18-12-6-10-16-9-3-4-11-17(16)18/h3-5,7-9,11,18H,6,10,12-13H2,1-2H3. The Morgan fingerprint density at radius 1 is 1.08 bits per heavy atom. The molecular formula is C20H22N4S. The van der Waals surface area contributed by atoms with Crippen LogP contribution in [0.3, 0.4) is 0 Å². The lowest BCUT2D eigenvalue weighted by molar-refractivity contribution is 0.673. The minimum atomic E-state index is 0.535. The fourth-order valence-electron chi connectivity index (χ4n) is 3.67. The molecule has 3 aromatic rings. The lowest BCUT2D eigenvalue weighted by Crippen LogP contribution is -2.09. The van der Waals surface area contributed by atoms with Gasteiger partial charge in [-0.3, -0.25) is 0 Å². The van der Waals surface area contributed by atoms with Crippen molar-refractivity contribution in [1.29, 1.82) is 0 Å². The Bertz CT molecular complexity index is 867. The average Bonchev–Trinajstić information content (AvgIpc) is 3.08. The molecule has 2 aromatic carbocycles. The largest absolute Gasteiger partial charge is 0.196 e. The summed E-state index contributed by atoms with van der Waals surface area (Å²) in [6, 6.07) is 15.1. The minimum absolute atomic E-state index is 0.535. The molecule has 0 saturated heterocycles. The van der Waals surface area contributed by atoms with Crippen molar-refractivity contribution in [3.63, 3.8) is 0 Å². The number of tetrazole rings is 1. The maximum atomic E-state index is 4.30. The number of aryl methyl sites for hydroxylation is 3. The number of fused-ring (bicyclic) bond motifs is 1. The first-order valence-electron chi connectivity index (χ1n) is 8.77. The van der Waals surface area contributed by atoms with E-state index in [1.807, 2.05) is 16.4 Å². The molecule has 5 heteroatoms. The first-order valence-corrected chi connectivity index (χ1v) is 9.82. The normalized spacial score (nSPS) is 16.6. The van der Waals surface area contributed by atoms with Crippen LogP contribution in [0.25, 0.3) is 5.69 Å². The van der Waals surface area contributed by atoms with Gasteiger partial charge in [0.15, 0.2) is 5.82 Å². The second-order valence-corrected chi connectivity index (χ2v) is 7.83. The van der Waals surface area contributed by atoms with Gasteiger partial charge in [-0.1, -0.05) is 42.5 Å². The van der Waals surface area contributed by atoms with Gasteiger partial charge in [0, 0.05) is 5.25 Å². The van der Waals surface area contributed by atoms with E-state index in [9.17, 15) is 0 Å². The molecule has 1 aliphatic rings. The highest BCUT2D eigenvalue weighted by Gasteiger charge is 2.21. The van der Waals surface area contributed by atoms with Crippen LogP contribution in [0.1, 0.15) is 46.2 Å². The summed E-state index contributed by atoms with van der Waals surface area (Å²) in [6.07, 6.45) is 3.69. The van der Waals surface area contributed by atoms with Gasteiger partial charge in [-0.25, -0.2) is 0 Å². The topological polar surface area (TPSA) is 43.6 Å². The Hall–Kier alpha value is -2.14. The molecule has 0 spiro atoms. The van der Waals surface area contributed by atoms with Crippen molar-refractivity contribution in [2.24, 2.45) is 0 Å². The predicted octanol–water partition coefficient (Wildman–Crippen LogP) is 4.59. The summed E-state index contributed by atoms with van der Waals surface area (Å²) in [5.74, 6) is 1.74. The van der Waals surface area contributed by atoms with Crippen LogP contribution in [-0.4, -0.2) is 20.2 Å². The summed E-state index contributed by atoms with van der Waals surface area (Å²) in [4.78, 5) is 0. The van der Waals surface area contributed by atoms with E-state index in [0.717, 1.165) is 17.3 Å². The van der Waals surface area contributed by atoms with E-state index in [4.69, 9.17) is 0 Å². The SMILES string of the molecule is Cc1cccc(C)c1-n1nnnc1CSC1CCCc2ccccc21. The molecule has 0 aliphatic heterocycles. The zero-order valence-electron chi connectivity index (χ0n) is 14.6. The average molecular weight is 350 g/mol. The minimum Gasteiger partial charge on any atom is -0.196 e. The molecule has 0 fully saturated rings. The number of rotatable bonds is 4. The number of benzene rings is 2. The van der Waals surface area contributed by atoms with Crippen LogP contribution in [0.15, 0.2) is 42.5 Å². The molecule has 1 aromatic heterocycles. The molecular weight excluding hydrogens is 328 g/mol. The number of hydrogen-bond donors (Lipinski definition) is 0. The molecule has 0 radical (unpaired) electrons. The van der Waals surface area contributed by atoms with E-state index < -0.39 is 0 Å². The van der Waals surface area contributed by atoms with Gasteiger partial charge in [-0.15, -0.1) is 16.9 Å².